The first-order chi connectivity index (χ1) is 7.61. The highest BCUT2D eigenvalue weighted by molar-refractivity contribution is 5.64. The number of nitrogens with one attached hydrogen (secondary N) is 1. The molecule has 1 heterocycles. The summed E-state index contributed by atoms with van der Waals surface area (Å²) in [6, 6.07) is 0.390. The van der Waals surface area contributed by atoms with Gasteiger partial charge in [-0.05, 0) is 13.8 Å². The molecule has 0 radical (unpaired) electrons. The summed E-state index contributed by atoms with van der Waals surface area (Å²) in [5, 5.41) is 3.14. The fraction of sp³-hybridized carbons (Fsp3) is 0.600. The molecular weight excluding hydrogens is 208 g/mol. The number of ether oxygens (including phenoxy) is 1. The smallest absolute Gasteiger partial charge is 0.404 e. The molecule has 0 unspecified atom stereocenters. The minimum Gasteiger partial charge on any atom is -0.448 e. The predicted molar refractivity (Wildman–Crippen MR) is 59.9 cm³/mol. The second kappa shape index (κ2) is 6.12. The van der Waals surface area contributed by atoms with Gasteiger partial charge >= 0.3 is 6.09 Å². The lowest BCUT2D eigenvalue weighted by Crippen LogP contribution is -2.24. The van der Waals surface area contributed by atoms with Crippen LogP contribution < -0.4 is 11.1 Å². The number of nitrogens with two attached hydrogens (primary N) is 1. The zero-order valence-electron chi connectivity index (χ0n) is 9.64. The average Bonchev–Trinajstić information content (AvgIpc) is 2.65. The first kappa shape index (κ1) is 12.5. The maximum Gasteiger partial charge on any atom is 0.404 e. The van der Waals surface area contributed by atoms with Crippen molar-refractivity contribution < 1.29 is 9.53 Å². The molecule has 16 heavy (non-hydrogen) atoms. The highest BCUT2D eigenvalue weighted by Crippen LogP contribution is 2.07. The van der Waals surface area contributed by atoms with Crippen LogP contribution in [-0.2, 0) is 11.3 Å². The van der Waals surface area contributed by atoms with Gasteiger partial charge in [0.05, 0.1) is 12.0 Å². The second-order valence-corrected chi connectivity index (χ2v) is 3.73. The molecule has 6 heteroatoms. The van der Waals surface area contributed by atoms with Crippen LogP contribution in [0.2, 0.25) is 0 Å². The van der Waals surface area contributed by atoms with Crippen molar-refractivity contribution in [1.82, 2.24) is 14.9 Å². The number of primary amides is 1. The molecule has 0 aliphatic carbocycles. The summed E-state index contributed by atoms with van der Waals surface area (Å²) in [6.07, 6.45) is 2.89. The topological polar surface area (TPSA) is 82.2 Å². The molecule has 6 nitrogen and oxygen atoms in total. The molecule has 0 aromatic carbocycles. The molecule has 1 aromatic heterocycles. The summed E-state index contributed by atoms with van der Waals surface area (Å²) in [5.74, 6) is 0. The Morgan fingerprint density at radius 3 is 3.06 bits per heavy atom. The Bertz CT molecular complexity index is 335. The fourth-order valence-corrected chi connectivity index (χ4v) is 1.37. The summed E-state index contributed by atoms with van der Waals surface area (Å²) < 4.78 is 6.68. The molecule has 0 saturated heterocycles. The van der Waals surface area contributed by atoms with Gasteiger partial charge in [-0.1, -0.05) is 0 Å². The number of hydrogen-bond donors (Lipinski definition) is 2. The Morgan fingerprint density at radius 2 is 2.44 bits per heavy atom. The Hall–Kier alpha value is -1.56. The van der Waals surface area contributed by atoms with Gasteiger partial charge < -0.3 is 20.4 Å². The molecule has 0 spiro atoms. The minimum absolute atomic E-state index is 0.283. The number of nitrogens with zero attached hydrogens (tertiary/aromatic N) is 2. The quantitative estimate of drug-likeness (QED) is 0.698. The Labute approximate surface area is 94.8 Å². The zero-order chi connectivity index (χ0) is 12.0. The summed E-state index contributed by atoms with van der Waals surface area (Å²) in [7, 11) is 0. The van der Waals surface area contributed by atoms with E-state index < -0.39 is 6.09 Å². The molecule has 0 aliphatic rings. The van der Waals surface area contributed by atoms with E-state index in [1.165, 1.54) is 0 Å². The van der Waals surface area contributed by atoms with Crippen LogP contribution in [0.15, 0.2) is 12.5 Å². The van der Waals surface area contributed by atoms with E-state index in [0.717, 1.165) is 5.69 Å². The van der Waals surface area contributed by atoms with Crippen LogP contribution in [-0.4, -0.2) is 28.8 Å². The summed E-state index contributed by atoms with van der Waals surface area (Å²) in [4.78, 5) is 14.4. The second-order valence-electron chi connectivity index (χ2n) is 3.73. The van der Waals surface area contributed by atoms with Gasteiger partial charge in [0.15, 0.2) is 0 Å². The van der Waals surface area contributed by atoms with Crippen molar-refractivity contribution in [2.45, 2.75) is 26.4 Å². The van der Waals surface area contributed by atoms with Gasteiger partial charge in [-0.3, -0.25) is 0 Å². The van der Waals surface area contributed by atoms with Crippen molar-refractivity contribution in [2.24, 2.45) is 5.73 Å². The van der Waals surface area contributed by atoms with E-state index in [2.05, 4.69) is 33.5 Å². The van der Waals surface area contributed by atoms with Crippen molar-refractivity contribution in [1.29, 1.82) is 0 Å². The van der Waals surface area contributed by atoms with Crippen LogP contribution in [0, 0.1) is 0 Å². The van der Waals surface area contributed by atoms with Crippen LogP contribution in [0.5, 0.6) is 0 Å². The lowest BCUT2D eigenvalue weighted by Gasteiger charge is -2.12. The molecule has 90 valence electrons. The SMILES string of the molecule is CC(C)n1cncc1CNCCOC(N)=O. The van der Waals surface area contributed by atoms with Crippen LogP contribution in [0.3, 0.4) is 0 Å². The van der Waals surface area contributed by atoms with Crippen molar-refractivity contribution in [3.8, 4) is 0 Å². The molecule has 0 bridgehead atoms. The van der Waals surface area contributed by atoms with E-state index in [-0.39, 0.29) is 6.61 Å². The largest absolute Gasteiger partial charge is 0.448 e. The molecule has 3 N–H and O–H groups in total. The third-order valence-electron chi connectivity index (χ3n) is 2.13. The van der Waals surface area contributed by atoms with Crippen molar-refractivity contribution in [2.75, 3.05) is 13.2 Å². The van der Waals surface area contributed by atoms with Crippen LogP contribution in [0.4, 0.5) is 4.79 Å². The maximum absolute atomic E-state index is 10.3. The van der Waals surface area contributed by atoms with Gasteiger partial charge in [0, 0.05) is 25.3 Å². The summed E-state index contributed by atoms with van der Waals surface area (Å²) >= 11 is 0. The van der Waals surface area contributed by atoms with Crippen molar-refractivity contribution >= 4 is 6.09 Å². The van der Waals surface area contributed by atoms with E-state index in [9.17, 15) is 4.79 Å². The van der Waals surface area contributed by atoms with E-state index in [1.54, 1.807) is 0 Å². The molecular formula is C10H18N4O2. The van der Waals surface area contributed by atoms with Crippen molar-refractivity contribution in [3.63, 3.8) is 0 Å². The summed E-state index contributed by atoms with van der Waals surface area (Å²) in [5.41, 5.74) is 5.94. The monoisotopic (exact) mass is 226 g/mol. The van der Waals surface area contributed by atoms with E-state index in [1.807, 2.05) is 12.5 Å². The summed E-state index contributed by atoms with van der Waals surface area (Å²) in [6.45, 7) is 5.75. The van der Waals surface area contributed by atoms with Crippen molar-refractivity contribution in [3.05, 3.63) is 18.2 Å². The highest BCUT2D eigenvalue weighted by Gasteiger charge is 2.04. The van der Waals surface area contributed by atoms with Gasteiger partial charge in [0.25, 0.3) is 0 Å². The van der Waals surface area contributed by atoms with Gasteiger partial charge in [0.2, 0.25) is 0 Å². The molecule has 1 rings (SSSR count). The van der Waals surface area contributed by atoms with Gasteiger partial charge in [-0.25, -0.2) is 9.78 Å². The van der Waals surface area contributed by atoms with Gasteiger partial charge in [0.1, 0.15) is 6.61 Å². The zero-order valence-corrected chi connectivity index (χ0v) is 9.64. The molecule has 1 amide bonds. The first-order valence-corrected chi connectivity index (χ1v) is 5.25. The van der Waals surface area contributed by atoms with E-state index in [0.29, 0.717) is 19.1 Å². The highest BCUT2D eigenvalue weighted by atomic mass is 16.5. The number of aromatic nitrogens is 2. The lowest BCUT2D eigenvalue weighted by atomic mass is 10.3. The normalized spacial score (nSPS) is 10.7. The molecule has 1 aromatic rings. The molecule has 0 fully saturated rings. The number of carbonyl (C=O) groups excluding carboxylic acids is 1. The predicted octanol–water partition coefficient (Wildman–Crippen LogP) is 0.649. The number of carbonyl (C=O) groups is 1. The number of amides is 1. The Morgan fingerprint density at radius 1 is 1.69 bits per heavy atom. The number of rotatable bonds is 6. The average molecular weight is 226 g/mol. The molecule has 0 saturated carbocycles. The number of hydrogen-bond acceptors (Lipinski definition) is 4. The third-order valence-corrected chi connectivity index (χ3v) is 2.13. The number of imidazole rings is 1. The van der Waals surface area contributed by atoms with Gasteiger partial charge in [-0.2, -0.15) is 0 Å². The standard InChI is InChI=1S/C10H18N4O2/c1-8(2)14-7-13-6-9(14)5-12-3-4-16-10(11)15/h6-8,12H,3-5H2,1-2H3,(H2,11,15). The van der Waals surface area contributed by atoms with Gasteiger partial charge in [-0.15, -0.1) is 0 Å². The lowest BCUT2D eigenvalue weighted by molar-refractivity contribution is 0.157. The van der Waals surface area contributed by atoms with E-state index in [4.69, 9.17) is 5.73 Å². The van der Waals surface area contributed by atoms with Crippen LogP contribution in [0.25, 0.3) is 0 Å². The Kier molecular flexibility index (Phi) is 4.78. The first-order valence-electron chi connectivity index (χ1n) is 5.25. The van der Waals surface area contributed by atoms with Crippen LogP contribution in [0.1, 0.15) is 25.6 Å². The molecule has 0 aliphatic heterocycles. The third kappa shape index (κ3) is 3.90. The maximum atomic E-state index is 10.3. The van der Waals surface area contributed by atoms with E-state index >= 15 is 0 Å². The minimum atomic E-state index is -0.742. The fourth-order valence-electron chi connectivity index (χ4n) is 1.37. The Balaban J connectivity index is 2.26. The van der Waals surface area contributed by atoms with Crippen LogP contribution >= 0.6 is 0 Å². The molecule has 0 atom stereocenters.